The molecule has 0 aromatic rings. The van der Waals surface area contributed by atoms with E-state index in [9.17, 15) is 0 Å². The third-order valence-electron chi connectivity index (χ3n) is 11.3. The van der Waals surface area contributed by atoms with E-state index in [-0.39, 0.29) is 0 Å². The number of hydrogen-bond donors (Lipinski definition) is 0. The Morgan fingerprint density at radius 2 is 0.741 bits per heavy atom. The Balaban J connectivity index is 1.14. The number of hydrogen-bond acceptors (Lipinski definition) is 0. The average Bonchev–Trinajstić information content (AvgIpc) is 3.27. The molecule has 0 radical (unpaired) electrons. The Kier molecular flexibility index (Phi) is 5.23. The first kappa shape index (κ1) is 18.7. The van der Waals surface area contributed by atoms with E-state index in [2.05, 4.69) is 0 Å². The summed E-state index contributed by atoms with van der Waals surface area (Å²) in [7, 11) is 0. The summed E-state index contributed by atoms with van der Waals surface area (Å²) >= 11 is -1.72. The molecule has 3 heteroatoms. The van der Waals surface area contributed by atoms with Crippen molar-refractivity contribution in [3.63, 3.8) is 0 Å². The summed E-state index contributed by atoms with van der Waals surface area (Å²) in [4.78, 5) is 0. The summed E-state index contributed by atoms with van der Waals surface area (Å²) in [6.45, 7) is 2.44. The van der Waals surface area contributed by atoms with Crippen LogP contribution in [0, 0.1) is 0 Å². The van der Waals surface area contributed by atoms with Gasteiger partial charge in [0.2, 0.25) is 0 Å². The molecule has 148 valence electrons. The Morgan fingerprint density at radius 3 is 1.07 bits per heavy atom. The van der Waals surface area contributed by atoms with Crippen molar-refractivity contribution in [2.45, 2.75) is 143 Å². The van der Waals surface area contributed by atoms with Gasteiger partial charge in [0.05, 0.1) is 0 Å². The molecule has 0 N–H and O–H groups in total. The van der Waals surface area contributed by atoms with Crippen LogP contribution in [0.4, 0.5) is 0 Å². The van der Waals surface area contributed by atoms with Gasteiger partial charge in [0.1, 0.15) is 0 Å². The van der Waals surface area contributed by atoms with Gasteiger partial charge in [0.15, 0.2) is 0 Å². The zero-order chi connectivity index (χ0) is 17.8. The van der Waals surface area contributed by atoms with Crippen molar-refractivity contribution in [3.05, 3.63) is 0 Å². The van der Waals surface area contributed by atoms with Crippen LogP contribution >= 0.6 is 0 Å². The SMILES string of the molecule is C1CC2CCCC(C1)B2C1C[CH2][Sn]2([CH2]C[C@H](B3C4CCCC3CCC4)[CH2]2)[CH2]1. The van der Waals surface area contributed by atoms with Gasteiger partial charge in [-0.3, -0.25) is 0 Å². The molecule has 27 heavy (non-hydrogen) atoms. The van der Waals surface area contributed by atoms with Crippen molar-refractivity contribution >= 4 is 31.8 Å². The molecule has 3 atom stereocenters. The van der Waals surface area contributed by atoms with Crippen molar-refractivity contribution < 1.29 is 0 Å². The molecular weight excluding hydrogens is 429 g/mol. The van der Waals surface area contributed by atoms with Crippen molar-refractivity contribution in [1.29, 1.82) is 0 Å². The van der Waals surface area contributed by atoms with Gasteiger partial charge in [0, 0.05) is 0 Å². The van der Waals surface area contributed by atoms with Gasteiger partial charge in [-0.25, -0.2) is 0 Å². The fourth-order valence-electron chi connectivity index (χ4n) is 10.6. The first-order chi connectivity index (χ1) is 13.3. The van der Waals surface area contributed by atoms with Crippen LogP contribution in [0.1, 0.15) is 89.9 Å². The van der Waals surface area contributed by atoms with Crippen molar-refractivity contribution in [1.82, 2.24) is 0 Å². The minimum atomic E-state index is -1.72. The predicted octanol–water partition coefficient (Wildman–Crippen LogP) is 8.19. The van der Waals surface area contributed by atoms with Gasteiger partial charge in [-0.1, -0.05) is 0 Å². The maximum atomic E-state index is 1.88. The minimum absolute atomic E-state index is 1.18. The molecule has 4 bridgehead atoms. The first-order valence-electron chi connectivity index (χ1n) is 13.3. The zero-order valence-electron chi connectivity index (χ0n) is 17.8. The molecule has 6 fully saturated rings. The Hall–Kier alpha value is 0.929. The molecule has 6 aliphatic heterocycles. The Labute approximate surface area is 173 Å². The van der Waals surface area contributed by atoms with Crippen molar-refractivity contribution in [2.75, 3.05) is 0 Å². The fraction of sp³-hybridized carbons (Fsp3) is 1.00. The molecule has 2 unspecified atom stereocenters. The zero-order valence-corrected chi connectivity index (χ0v) is 20.7. The number of rotatable bonds is 2. The molecule has 0 aliphatic carbocycles. The monoisotopic (exact) mass is 472 g/mol. The molecule has 0 aromatic heterocycles. The molecule has 6 rings (SSSR count). The van der Waals surface area contributed by atoms with Crippen LogP contribution in [0.25, 0.3) is 0 Å². The summed E-state index contributed by atoms with van der Waals surface area (Å²) in [6.07, 6.45) is 22.7. The van der Waals surface area contributed by atoms with Crippen LogP contribution in [-0.4, -0.2) is 31.8 Å². The molecule has 0 nitrogen and oxygen atoms in total. The van der Waals surface area contributed by atoms with Crippen LogP contribution in [0.2, 0.25) is 52.7 Å². The molecule has 0 saturated carbocycles. The summed E-state index contributed by atoms with van der Waals surface area (Å²) < 4.78 is 7.44. The van der Waals surface area contributed by atoms with E-state index >= 15 is 0 Å². The molecule has 1 spiro atoms. The molecular formula is C24H42B2Sn. The average molecular weight is 471 g/mol. The topological polar surface area (TPSA) is 0 Å². The number of fused-ring (bicyclic) bond motifs is 4. The maximum absolute atomic E-state index is 1.88. The summed E-state index contributed by atoms with van der Waals surface area (Å²) in [5.74, 6) is 7.19. The first-order valence-corrected chi connectivity index (χ1v) is 21.4. The van der Waals surface area contributed by atoms with Gasteiger partial charge in [-0.15, -0.1) is 0 Å². The van der Waals surface area contributed by atoms with Gasteiger partial charge in [-0.2, -0.15) is 0 Å². The van der Waals surface area contributed by atoms with Crippen LogP contribution in [0.15, 0.2) is 0 Å². The predicted molar refractivity (Wildman–Crippen MR) is 124 cm³/mol. The Bertz CT molecular complexity index is 458. The second kappa shape index (κ2) is 7.56. The van der Waals surface area contributed by atoms with E-state index in [0.717, 1.165) is 0 Å². The molecule has 0 aromatic carbocycles. The third kappa shape index (κ3) is 3.33. The molecule has 6 heterocycles. The van der Waals surface area contributed by atoms with Crippen molar-refractivity contribution in [2.24, 2.45) is 0 Å². The van der Waals surface area contributed by atoms with Gasteiger partial charge < -0.3 is 0 Å². The normalized spacial score (nSPS) is 49.8. The van der Waals surface area contributed by atoms with Crippen LogP contribution in [0.5, 0.6) is 0 Å². The summed E-state index contributed by atoms with van der Waals surface area (Å²) in [6, 6.07) is 0. The molecule has 0 amide bonds. The second-order valence-corrected chi connectivity index (χ2v) is 26.2. The van der Waals surface area contributed by atoms with Crippen LogP contribution < -0.4 is 0 Å². The van der Waals surface area contributed by atoms with E-state index in [1.807, 2.05) is 17.7 Å². The van der Waals surface area contributed by atoms with E-state index in [1.54, 1.807) is 89.9 Å². The van der Waals surface area contributed by atoms with E-state index in [0.29, 0.717) is 0 Å². The summed E-state index contributed by atoms with van der Waals surface area (Å²) in [5.41, 5.74) is 0. The van der Waals surface area contributed by atoms with E-state index in [1.165, 1.54) is 48.3 Å². The van der Waals surface area contributed by atoms with Gasteiger partial charge >= 0.3 is 174 Å². The third-order valence-corrected chi connectivity index (χ3v) is 27.0. The van der Waals surface area contributed by atoms with Crippen LogP contribution in [0.3, 0.4) is 0 Å². The van der Waals surface area contributed by atoms with Gasteiger partial charge in [-0.05, 0) is 0 Å². The molecule has 6 saturated heterocycles. The standard InChI is InChI=1S/2C12H21B.Sn/c2*1-3-10(2)13-11-6-4-7-12(13)9-5-8-11;/h2*10-12H,1-9H2;/t10-,11?,12?;;/m1../s1. The fourth-order valence-corrected chi connectivity index (χ4v) is 28.8. The summed E-state index contributed by atoms with van der Waals surface area (Å²) in [5, 5.41) is 0. The van der Waals surface area contributed by atoms with Crippen LogP contribution in [-0.2, 0) is 0 Å². The van der Waals surface area contributed by atoms with E-state index in [4.69, 9.17) is 0 Å². The quantitative estimate of drug-likeness (QED) is 0.357. The van der Waals surface area contributed by atoms with E-state index < -0.39 is 18.4 Å². The van der Waals surface area contributed by atoms with Crippen molar-refractivity contribution in [3.8, 4) is 0 Å². The Morgan fingerprint density at radius 1 is 0.407 bits per heavy atom. The molecule has 6 aliphatic rings. The second-order valence-electron chi connectivity index (χ2n) is 12.4. The van der Waals surface area contributed by atoms with Gasteiger partial charge in [0.25, 0.3) is 0 Å².